The lowest BCUT2D eigenvalue weighted by molar-refractivity contribution is -0.144. The molecule has 2 amide bonds. The average molecular weight is 208 g/mol. The quantitative estimate of drug-likeness (QED) is 0.582. The lowest BCUT2D eigenvalue weighted by Gasteiger charge is -2.20. The summed E-state index contributed by atoms with van der Waals surface area (Å²) in [5, 5.41) is 13.8. The van der Waals surface area contributed by atoms with Crippen molar-refractivity contribution in [2.45, 2.75) is 5.54 Å². The highest BCUT2D eigenvalue weighted by atomic mass is 16.4. The zero-order valence-electron chi connectivity index (χ0n) is 7.60. The van der Waals surface area contributed by atoms with E-state index in [1.165, 1.54) is 18.6 Å². The van der Waals surface area contributed by atoms with Gasteiger partial charge in [-0.2, -0.15) is 0 Å². The van der Waals surface area contributed by atoms with Crippen molar-refractivity contribution in [3.05, 3.63) is 24.3 Å². The van der Waals surface area contributed by atoms with Crippen LogP contribution in [0.25, 0.3) is 0 Å². The number of amides is 2. The second-order valence-corrected chi connectivity index (χ2v) is 3.11. The largest absolute Gasteiger partial charge is 0.479 e. The standard InChI is InChI=1S/C8H8N4O3/c13-6(14)8(4-11-7(15)12-8)5-3-9-1-2-10-5/h1-3H,4H2,(H,13,14)(H2,11,12,15). The summed E-state index contributed by atoms with van der Waals surface area (Å²) in [6.45, 7) is -0.0418. The van der Waals surface area contributed by atoms with Crippen molar-refractivity contribution in [2.75, 3.05) is 6.54 Å². The number of urea groups is 1. The number of carboxylic acid groups (broad SMARTS) is 1. The number of carbonyl (C=O) groups is 2. The third-order valence-corrected chi connectivity index (χ3v) is 2.21. The number of carboxylic acids is 1. The average Bonchev–Trinajstić information content (AvgIpc) is 2.63. The summed E-state index contributed by atoms with van der Waals surface area (Å²) in [5.41, 5.74) is -1.30. The molecule has 1 unspecified atom stereocenters. The van der Waals surface area contributed by atoms with E-state index in [0.717, 1.165) is 0 Å². The lowest BCUT2D eigenvalue weighted by Crippen LogP contribution is -2.48. The first-order valence-corrected chi connectivity index (χ1v) is 4.21. The van der Waals surface area contributed by atoms with Gasteiger partial charge in [-0.1, -0.05) is 0 Å². The fourth-order valence-corrected chi connectivity index (χ4v) is 1.41. The first kappa shape index (κ1) is 9.38. The number of aromatic nitrogens is 2. The van der Waals surface area contributed by atoms with Gasteiger partial charge < -0.3 is 15.7 Å². The van der Waals surface area contributed by atoms with Crippen LogP contribution in [0.2, 0.25) is 0 Å². The van der Waals surface area contributed by atoms with E-state index in [1.54, 1.807) is 0 Å². The molecule has 1 aromatic rings. The van der Waals surface area contributed by atoms with Crippen LogP contribution in [0.5, 0.6) is 0 Å². The van der Waals surface area contributed by atoms with Crippen LogP contribution < -0.4 is 10.6 Å². The lowest BCUT2D eigenvalue weighted by atomic mass is 9.97. The molecule has 0 bridgehead atoms. The van der Waals surface area contributed by atoms with Gasteiger partial charge in [0, 0.05) is 12.4 Å². The van der Waals surface area contributed by atoms with Crippen molar-refractivity contribution in [3.63, 3.8) is 0 Å². The van der Waals surface area contributed by atoms with Gasteiger partial charge in [-0.3, -0.25) is 9.97 Å². The summed E-state index contributed by atoms with van der Waals surface area (Å²) in [6, 6.07) is -0.525. The Hall–Kier alpha value is -2.18. The molecular formula is C8H8N4O3. The maximum Gasteiger partial charge on any atom is 0.337 e. The molecule has 1 aliphatic heterocycles. The first-order valence-electron chi connectivity index (χ1n) is 4.21. The van der Waals surface area contributed by atoms with Gasteiger partial charge in [0.2, 0.25) is 5.54 Å². The summed E-state index contributed by atoms with van der Waals surface area (Å²) in [4.78, 5) is 29.8. The Balaban J connectivity index is 2.45. The Morgan fingerprint density at radius 2 is 2.33 bits per heavy atom. The van der Waals surface area contributed by atoms with Gasteiger partial charge in [-0.15, -0.1) is 0 Å². The van der Waals surface area contributed by atoms with Crippen LogP contribution in [0, 0.1) is 0 Å². The molecule has 1 saturated heterocycles. The van der Waals surface area contributed by atoms with Gasteiger partial charge in [0.25, 0.3) is 0 Å². The fraction of sp³-hybridized carbons (Fsp3) is 0.250. The van der Waals surface area contributed by atoms with Crippen molar-refractivity contribution in [1.82, 2.24) is 20.6 Å². The Kier molecular flexibility index (Phi) is 2.00. The second kappa shape index (κ2) is 3.19. The first-order chi connectivity index (χ1) is 7.15. The molecule has 0 radical (unpaired) electrons. The van der Waals surface area contributed by atoms with Crippen molar-refractivity contribution in [1.29, 1.82) is 0 Å². The van der Waals surface area contributed by atoms with Crippen LogP contribution in [-0.2, 0) is 10.3 Å². The van der Waals surface area contributed by atoms with E-state index in [4.69, 9.17) is 5.11 Å². The number of nitrogens with zero attached hydrogens (tertiary/aromatic N) is 2. The Labute approximate surface area is 84.5 Å². The molecule has 0 aromatic carbocycles. The van der Waals surface area contributed by atoms with E-state index in [9.17, 15) is 9.59 Å². The maximum absolute atomic E-state index is 11.1. The number of hydrogen-bond donors (Lipinski definition) is 3. The van der Waals surface area contributed by atoms with Crippen LogP contribution in [0.15, 0.2) is 18.6 Å². The summed E-state index contributed by atoms with van der Waals surface area (Å²) >= 11 is 0. The number of aliphatic carboxylic acids is 1. The zero-order chi connectivity index (χ0) is 10.9. The number of nitrogens with one attached hydrogen (secondary N) is 2. The number of carbonyl (C=O) groups excluding carboxylic acids is 1. The van der Waals surface area contributed by atoms with E-state index >= 15 is 0 Å². The predicted molar refractivity (Wildman–Crippen MR) is 47.9 cm³/mol. The van der Waals surface area contributed by atoms with E-state index < -0.39 is 17.5 Å². The van der Waals surface area contributed by atoms with Gasteiger partial charge in [-0.25, -0.2) is 9.59 Å². The Morgan fingerprint density at radius 1 is 1.53 bits per heavy atom. The van der Waals surface area contributed by atoms with Crippen LogP contribution in [0.1, 0.15) is 5.69 Å². The van der Waals surface area contributed by atoms with Crippen LogP contribution in [0.3, 0.4) is 0 Å². The highest BCUT2D eigenvalue weighted by Gasteiger charge is 2.48. The minimum absolute atomic E-state index is 0.0418. The maximum atomic E-state index is 11.1. The highest BCUT2D eigenvalue weighted by Crippen LogP contribution is 2.21. The van der Waals surface area contributed by atoms with Crippen molar-refractivity contribution in [2.24, 2.45) is 0 Å². The molecular weight excluding hydrogens is 200 g/mol. The molecule has 0 spiro atoms. The fourth-order valence-electron chi connectivity index (χ4n) is 1.41. The second-order valence-electron chi connectivity index (χ2n) is 3.11. The summed E-state index contributed by atoms with van der Waals surface area (Å²) in [6.07, 6.45) is 4.13. The van der Waals surface area contributed by atoms with Crippen molar-refractivity contribution < 1.29 is 14.7 Å². The van der Waals surface area contributed by atoms with Crippen LogP contribution in [0.4, 0.5) is 4.79 Å². The molecule has 1 aliphatic rings. The monoisotopic (exact) mass is 208 g/mol. The Bertz CT molecular complexity index is 408. The van der Waals surface area contributed by atoms with E-state index in [1.807, 2.05) is 0 Å². The Morgan fingerprint density at radius 3 is 2.80 bits per heavy atom. The smallest absolute Gasteiger partial charge is 0.337 e. The van der Waals surface area contributed by atoms with Gasteiger partial charge in [0.05, 0.1) is 18.4 Å². The van der Waals surface area contributed by atoms with E-state index in [-0.39, 0.29) is 12.2 Å². The molecule has 1 aromatic heterocycles. The predicted octanol–water partition coefficient (Wildman–Crippen LogP) is -0.931. The molecule has 3 N–H and O–H groups in total. The van der Waals surface area contributed by atoms with Crippen LogP contribution >= 0.6 is 0 Å². The summed E-state index contributed by atoms with van der Waals surface area (Å²) in [7, 11) is 0. The minimum Gasteiger partial charge on any atom is -0.479 e. The molecule has 2 heterocycles. The van der Waals surface area contributed by atoms with Gasteiger partial charge >= 0.3 is 12.0 Å². The topological polar surface area (TPSA) is 104 Å². The SMILES string of the molecule is O=C1NCC(C(=O)O)(c2cnccn2)N1. The summed E-state index contributed by atoms with van der Waals surface area (Å²) < 4.78 is 0. The molecule has 15 heavy (non-hydrogen) atoms. The van der Waals surface area contributed by atoms with Crippen molar-refractivity contribution >= 4 is 12.0 Å². The third-order valence-electron chi connectivity index (χ3n) is 2.21. The zero-order valence-corrected chi connectivity index (χ0v) is 7.60. The molecule has 78 valence electrons. The molecule has 7 heteroatoms. The van der Waals surface area contributed by atoms with Gasteiger partial charge in [0.15, 0.2) is 0 Å². The molecule has 7 nitrogen and oxygen atoms in total. The van der Waals surface area contributed by atoms with Gasteiger partial charge in [0.1, 0.15) is 0 Å². The van der Waals surface area contributed by atoms with E-state index in [2.05, 4.69) is 20.6 Å². The third kappa shape index (κ3) is 1.37. The number of hydrogen-bond acceptors (Lipinski definition) is 4. The molecule has 2 rings (SSSR count). The summed E-state index contributed by atoms with van der Waals surface area (Å²) in [5.74, 6) is -1.17. The van der Waals surface area contributed by atoms with Crippen molar-refractivity contribution in [3.8, 4) is 0 Å². The molecule has 1 atom stereocenters. The normalized spacial score (nSPS) is 24.4. The molecule has 0 saturated carbocycles. The highest BCUT2D eigenvalue weighted by molar-refractivity contribution is 5.90. The van der Waals surface area contributed by atoms with E-state index in [0.29, 0.717) is 0 Å². The van der Waals surface area contributed by atoms with Gasteiger partial charge in [-0.05, 0) is 0 Å². The van der Waals surface area contributed by atoms with Crippen LogP contribution in [-0.4, -0.2) is 33.6 Å². The number of rotatable bonds is 2. The minimum atomic E-state index is -1.51. The molecule has 1 fully saturated rings. The molecule has 0 aliphatic carbocycles.